The number of aromatic nitrogens is 2. The van der Waals surface area contributed by atoms with Crippen LogP contribution >= 0.6 is 0 Å². The molecule has 0 fully saturated rings. The van der Waals surface area contributed by atoms with Crippen molar-refractivity contribution in [2.24, 2.45) is 0 Å². The Balaban J connectivity index is 1.28. The van der Waals surface area contributed by atoms with E-state index in [1.54, 1.807) is 24.3 Å². The summed E-state index contributed by atoms with van der Waals surface area (Å²) in [5.74, 6) is -0.148. The summed E-state index contributed by atoms with van der Waals surface area (Å²) < 4.78 is 32.7. The molecular weight excluding hydrogens is 464 g/mol. The summed E-state index contributed by atoms with van der Waals surface area (Å²) in [5.41, 5.74) is 4.27. The number of anilines is 2. The number of sulfonamides is 1. The molecule has 1 aliphatic carbocycles. The molecule has 0 bridgehead atoms. The standard InChI is InChI=1S/C26H24N4O4S/c1-30(22-9-3-2-4-10-22)35(32,33)23-15-13-19(14-16-23)24(31)27-26-29-28-25(34-26)21-12-11-18-7-5-6-8-20(18)17-21/h2-4,9-17H,5-8H2,1H3,(H,27,29,31). The van der Waals surface area contributed by atoms with Crippen molar-refractivity contribution >= 4 is 27.6 Å². The molecule has 3 aromatic carbocycles. The number of hydrogen-bond donors (Lipinski definition) is 1. The average molecular weight is 489 g/mol. The van der Waals surface area contributed by atoms with Gasteiger partial charge in [-0.15, -0.1) is 5.10 Å². The van der Waals surface area contributed by atoms with Crippen molar-refractivity contribution in [3.05, 3.63) is 89.5 Å². The highest BCUT2D eigenvalue weighted by atomic mass is 32.2. The number of carbonyl (C=O) groups excluding carboxylic acids is 1. The highest BCUT2D eigenvalue weighted by molar-refractivity contribution is 7.92. The van der Waals surface area contributed by atoms with Gasteiger partial charge in [0.2, 0.25) is 5.89 Å². The van der Waals surface area contributed by atoms with E-state index in [2.05, 4.69) is 27.6 Å². The Bertz CT molecular complexity index is 1460. The zero-order chi connectivity index (χ0) is 24.4. The summed E-state index contributed by atoms with van der Waals surface area (Å²) in [6.45, 7) is 0. The highest BCUT2D eigenvalue weighted by Gasteiger charge is 2.22. The van der Waals surface area contributed by atoms with Crippen LogP contribution in [0.3, 0.4) is 0 Å². The van der Waals surface area contributed by atoms with Crippen LogP contribution in [-0.4, -0.2) is 31.6 Å². The number of fused-ring (bicyclic) bond motifs is 1. The van der Waals surface area contributed by atoms with E-state index in [9.17, 15) is 13.2 Å². The van der Waals surface area contributed by atoms with E-state index >= 15 is 0 Å². The maximum Gasteiger partial charge on any atom is 0.322 e. The fraction of sp³-hybridized carbons (Fsp3) is 0.192. The van der Waals surface area contributed by atoms with Gasteiger partial charge >= 0.3 is 6.01 Å². The van der Waals surface area contributed by atoms with Crippen LogP contribution in [0.4, 0.5) is 11.7 Å². The maximum absolute atomic E-state index is 12.9. The summed E-state index contributed by atoms with van der Waals surface area (Å²) in [6.07, 6.45) is 4.50. The smallest absolute Gasteiger partial charge is 0.322 e. The lowest BCUT2D eigenvalue weighted by atomic mass is 9.90. The Morgan fingerprint density at radius 1 is 0.914 bits per heavy atom. The van der Waals surface area contributed by atoms with Gasteiger partial charge in [0.15, 0.2) is 0 Å². The molecule has 1 heterocycles. The molecule has 9 heteroatoms. The minimum atomic E-state index is -3.77. The highest BCUT2D eigenvalue weighted by Crippen LogP contribution is 2.28. The first-order chi connectivity index (χ1) is 16.9. The zero-order valence-electron chi connectivity index (χ0n) is 19.1. The van der Waals surface area contributed by atoms with Crippen LogP contribution in [0, 0.1) is 0 Å². The molecule has 178 valence electrons. The largest absolute Gasteiger partial charge is 0.403 e. The molecule has 1 aromatic heterocycles. The first-order valence-electron chi connectivity index (χ1n) is 11.3. The molecule has 0 saturated carbocycles. The Hall–Kier alpha value is -3.98. The van der Waals surface area contributed by atoms with Crippen LogP contribution in [0.25, 0.3) is 11.5 Å². The van der Waals surface area contributed by atoms with Gasteiger partial charge in [-0.1, -0.05) is 29.4 Å². The number of hydrogen-bond acceptors (Lipinski definition) is 6. The van der Waals surface area contributed by atoms with Crippen molar-refractivity contribution in [2.45, 2.75) is 30.6 Å². The van der Waals surface area contributed by atoms with Gasteiger partial charge in [-0.25, -0.2) is 8.42 Å². The molecular formula is C26H24N4O4S. The Morgan fingerprint density at radius 2 is 1.63 bits per heavy atom. The third-order valence-electron chi connectivity index (χ3n) is 6.14. The van der Waals surface area contributed by atoms with Gasteiger partial charge in [0.25, 0.3) is 15.9 Å². The topological polar surface area (TPSA) is 105 Å². The van der Waals surface area contributed by atoms with Crippen molar-refractivity contribution < 1.29 is 17.6 Å². The fourth-order valence-corrected chi connectivity index (χ4v) is 5.33. The lowest BCUT2D eigenvalue weighted by Crippen LogP contribution is -2.26. The van der Waals surface area contributed by atoms with E-state index in [4.69, 9.17) is 4.42 Å². The number of benzene rings is 3. The van der Waals surface area contributed by atoms with Crippen molar-refractivity contribution in [3.8, 4) is 11.5 Å². The van der Waals surface area contributed by atoms with E-state index in [0.29, 0.717) is 11.6 Å². The molecule has 0 unspecified atom stereocenters. The van der Waals surface area contributed by atoms with E-state index in [1.807, 2.05) is 12.1 Å². The second kappa shape index (κ2) is 9.34. The van der Waals surface area contributed by atoms with Crippen LogP contribution in [0.1, 0.15) is 34.3 Å². The summed E-state index contributed by atoms with van der Waals surface area (Å²) in [5, 5.41) is 10.6. The molecule has 35 heavy (non-hydrogen) atoms. The molecule has 0 atom stereocenters. The molecule has 0 radical (unpaired) electrons. The second-order valence-electron chi connectivity index (χ2n) is 8.39. The van der Waals surface area contributed by atoms with E-state index < -0.39 is 15.9 Å². The minimum absolute atomic E-state index is 0.0248. The van der Waals surface area contributed by atoms with Crippen LogP contribution in [-0.2, 0) is 22.9 Å². The number of nitrogens with one attached hydrogen (secondary N) is 1. The summed E-state index contributed by atoms with van der Waals surface area (Å²) in [7, 11) is -2.28. The van der Waals surface area contributed by atoms with Gasteiger partial charge in [-0.05, 0) is 85.3 Å². The molecule has 0 aliphatic heterocycles. The Labute approximate surface area is 203 Å². The Morgan fingerprint density at radius 3 is 2.37 bits per heavy atom. The van der Waals surface area contributed by atoms with Crippen molar-refractivity contribution in [2.75, 3.05) is 16.7 Å². The first kappa shape index (κ1) is 22.8. The van der Waals surface area contributed by atoms with Gasteiger partial charge in [0, 0.05) is 18.2 Å². The van der Waals surface area contributed by atoms with Crippen LogP contribution in [0.5, 0.6) is 0 Å². The number of nitrogens with zero attached hydrogens (tertiary/aromatic N) is 3. The molecule has 1 amide bonds. The number of amides is 1. The summed E-state index contributed by atoms with van der Waals surface area (Å²) >= 11 is 0. The Kier molecular flexibility index (Phi) is 6.08. The maximum atomic E-state index is 12.9. The number of para-hydroxylation sites is 1. The predicted octanol–water partition coefficient (Wildman–Crippen LogP) is 4.69. The SMILES string of the molecule is CN(c1ccccc1)S(=O)(=O)c1ccc(C(=O)Nc2nnc(-c3ccc4c(c3)CCCC4)o2)cc1. The van der Waals surface area contributed by atoms with Crippen LogP contribution < -0.4 is 9.62 Å². The van der Waals surface area contributed by atoms with Crippen LogP contribution in [0.15, 0.2) is 82.1 Å². The molecule has 0 spiro atoms. The number of carbonyl (C=O) groups is 1. The van der Waals surface area contributed by atoms with Crippen molar-refractivity contribution in [3.63, 3.8) is 0 Å². The molecule has 1 N–H and O–H groups in total. The van der Waals surface area contributed by atoms with Crippen molar-refractivity contribution in [1.82, 2.24) is 10.2 Å². The normalized spacial score (nSPS) is 13.2. The van der Waals surface area contributed by atoms with E-state index in [-0.39, 0.29) is 16.5 Å². The molecule has 0 saturated heterocycles. The average Bonchev–Trinajstić information content (AvgIpc) is 3.37. The quantitative estimate of drug-likeness (QED) is 0.422. The summed E-state index contributed by atoms with van der Waals surface area (Å²) in [4.78, 5) is 12.7. The van der Waals surface area contributed by atoms with Gasteiger partial charge < -0.3 is 4.42 Å². The molecule has 5 rings (SSSR count). The van der Waals surface area contributed by atoms with Gasteiger partial charge in [0.1, 0.15) is 0 Å². The zero-order valence-corrected chi connectivity index (χ0v) is 20.0. The lowest BCUT2D eigenvalue weighted by Gasteiger charge is -2.19. The molecule has 1 aliphatic rings. The van der Waals surface area contributed by atoms with Gasteiger partial charge in [-0.3, -0.25) is 14.4 Å². The lowest BCUT2D eigenvalue weighted by molar-refractivity contribution is 0.102. The predicted molar refractivity (Wildman–Crippen MR) is 133 cm³/mol. The van der Waals surface area contributed by atoms with E-state index in [0.717, 1.165) is 18.4 Å². The monoisotopic (exact) mass is 488 g/mol. The third kappa shape index (κ3) is 4.67. The number of rotatable bonds is 6. The van der Waals surface area contributed by atoms with Gasteiger partial charge in [-0.2, -0.15) is 0 Å². The number of aryl methyl sites for hydroxylation is 2. The molecule has 4 aromatic rings. The summed E-state index contributed by atoms with van der Waals surface area (Å²) in [6, 6.07) is 20.6. The molecule has 8 nitrogen and oxygen atoms in total. The van der Waals surface area contributed by atoms with E-state index in [1.165, 1.54) is 59.6 Å². The first-order valence-corrected chi connectivity index (χ1v) is 12.8. The van der Waals surface area contributed by atoms with Crippen LogP contribution in [0.2, 0.25) is 0 Å². The second-order valence-corrected chi connectivity index (χ2v) is 10.4. The minimum Gasteiger partial charge on any atom is -0.403 e. The van der Waals surface area contributed by atoms with Gasteiger partial charge in [0.05, 0.1) is 10.6 Å². The van der Waals surface area contributed by atoms with Crippen molar-refractivity contribution in [1.29, 1.82) is 0 Å². The third-order valence-corrected chi connectivity index (χ3v) is 7.94. The fourth-order valence-electron chi connectivity index (χ4n) is 4.14.